The van der Waals surface area contributed by atoms with Gasteiger partial charge in [-0.3, -0.25) is 4.79 Å². The summed E-state index contributed by atoms with van der Waals surface area (Å²) in [4.78, 5) is 16.5. The van der Waals surface area contributed by atoms with Gasteiger partial charge in [0.25, 0.3) is 0 Å². The van der Waals surface area contributed by atoms with Crippen LogP contribution in [0.5, 0.6) is 0 Å². The Bertz CT molecular complexity index is 243. The maximum atomic E-state index is 12.0. The largest absolute Gasteiger partial charge is 0.343 e. The van der Waals surface area contributed by atoms with E-state index in [9.17, 15) is 4.79 Å². The molecule has 0 bridgehead atoms. The molecule has 2 heterocycles. The molecule has 0 atom stereocenters. The first kappa shape index (κ1) is 12.8. The number of amides is 1. The minimum Gasteiger partial charge on any atom is -0.343 e. The number of carbonyl (C=O) groups excluding carboxylic acids is 1. The van der Waals surface area contributed by atoms with E-state index in [1.807, 2.05) is 4.90 Å². The molecule has 1 amide bonds. The molecule has 0 aromatic heterocycles. The average molecular weight is 239 g/mol. The topological polar surface area (TPSA) is 49.6 Å². The zero-order valence-corrected chi connectivity index (χ0v) is 10.7. The van der Waals surface area contributed by atoms with Crippen LogP contribution in [0.2, 0.25) is 0 Å². The maximum absolute atomic E-state index is 12.0. The van der Waals surface area contributed by atoms with E-state index in [0.29, 0.717) is 18.2 Å². The van der Waals surface area contributed by atoms with Gasteiger partial charge in [-0.2, -0.15) is 0 Å². The molecule has 98 valence electrons. The highest BCUT2D eigenvalue weighted by Crippen LogP contribution is 2.17. The Labute approximate surface area is 104 Å². The van der Waals surface area contributed by atoms with Crippen molar-refractivity contribution < 1.29 is 4.79 Å². The molecule has 0 saturated carbocycles. The fourth-order valence-corrected chi connectivity index (χ4v) is 2.84. The summed E-state index contributed by atoms with van der Waals surface area (Å²) < 4.78 is 0. The number of likely N-dealkylation sites (tertiary alicyclic amines) is 2. The SMILES string of the molecule is NCC1CCN(C(=O)CCN2CCCC2)CC1. The van der Waals surface area contributed by atoms with Crippen molar-refractivity contribution in [1.82, 2.24) is 9.80 Å². The van der Waals surface area contributed by atoms with Crippen LogP contribution >= 0.6 is 0 Å². The molecule has 0 aliphatic carbocycles. The van der Waals surface area contributed by atoms with Crippen LogP contribution in [-0.2, 0) is 4.79 Å². The molecular weight excluding hydrogens is 214 g/mol. The molecule has 2 aliphatic heterocycles. The van der Waals surface area contributed by atoms with E-state index >= 15 is 0 Å². The standard InChI is InChI=1S/C13H25N3O/c14-11-12-3-9-16(10-4-12)13(17)5-8-15-6-1-2-7-15/h12H,1-11,14H2. The molecule has 0 aromatic carbocycles. The minimum atomic E-state index is 0.340. The third kappa shape index (κ3) is 3.68. The number of rotatable bonds is 4. The van der Waals surface area contributed by atoms with Crippen molar-refractivity contribution in [2.45, 2.75) is 32.1 Å². The fourth-order valence-electron chi connectivity index (χ4n) is 2.84. The van der Waals surface area contributed by atoms with Gasteiger partial charge in [-0.15, -0.1) is 0 Å². The Balaban J connectivity index is 1.66. The molecule has 0 spiro atoms. The van der Waals surface area contributed by atoms with Crippen LogP contribution in [0.3, 0.4) is 0 Å². The number of hydrogen-bond donors (Lipinski definition) is 1. The molecule has 2 saturated heterocycles. The summed E-state index contributed by atoms with van der Waals surface area (Å²) in [5.41, 5.74) is 5.66. The Morgan fingerprint density at radius 3 is 2.35 bits per heavy atom. The smallest absolute Gasteiger partial charge is 0.223 e. The summed E-state index contributed by atoms with van der Waals surface area (Å²) in [6.45, 7) is 5.93. The summed E-state index contributed by atoms with van der Waals surface area (Å²) >= 11 is 0. The second-order valence-corrected chi connectivity index (χ2v) is 5.36. The predicted octanol–water partition coefficient (Wildman–Crippen LogP) is 0.670. The van der Waals surface area contributed by atoms with Crippen molar-refractivity contribution in [2.75, 3.05) is 39.3 Å². The zero-order chi connectivity index (χ0) is 12.1. The van der Waals surface area contributed by atoms with E-state index in [1.165, 1.54) is 25.9 Å². The van der Waals surface area contributed by atoms with Gasteiger partial charge >= 0.3 is 0 Å². The number of nitrogens with zero attached hydrogens (tertiary/aromatic N) is 2. The normalized spacial score (nSPS) is 23.2. The van der Waals surface area contributed by atoms with Gasteiger partial charge in [0, 0.05) is 26.1 Å². The first-order valence-electron chi connectivity index (χ1n) is 7.00. The van der Waals surface area contributed by atoms with Crippen LogP contribution in [-0.4, -0.2) is 55.0 Å². The van der Waals surface area contributed by atoms with Gasteiger partial charge in [0.1, 0.15) is 0 Å². The lowest BCUT2D eigenvalue weighted by atomic mass is 9.97. The van der Waals surface area contributed by atoms with Crippen LogP contribution < -0.4 is 5.73 Å². The lowest BCUT2D eigenvalue weighted by molar-refractivity contribution is -0.132. The predicted molar refractivity (Wildman–Crippen MR) is 68.6 cm³/mol. The van der Waals surface area contributed by atoms with Crippen LogP contribution in [0.4, 0.5) is 0 Å². The molecule has 0 radical (unpaired) electrons. The number of hydrogen-bond acceptors (Lipinski definition) is 3. The molecule has 0 aromatic rings. The molecular formula is C13H25N3O. The first-order valence-corrected chi connectivity index (χ1v) is 7.00. The molecule has 17 heavy (non-hydrogen) atoms. The van der Waals surface area contributed by atoms with Crippen LogP contribution in [0.25, 0.3) is 0 Å². The van der Waals surface area contributed by atoms with E-state index in [4.69, 9.17) is 5.73 Å². The van der Waals surface area contributed by atoms with Crippen LogP contribution in [0.1, 0.15) is 32.1 Å². The van der Waals surface area contributed by atoms with Crippen LogP contribution in [0, 0.1) is 5.92 Å². The minimum absolute atomic E-state index is 0.340. The van der Waals surface area contributed by atoms with Gasteiger partial charge in [-0.25, -0.2) is 0 Å². The van der Waals surface area contributed by atoms with E-state index < -0.39 is 0 Å². The number of carbonyl (C=O) groups is 1. The van der Waals surface area contributed by atoms with Crippen molar-refractivity contribution in [1.29, 1.82) is 0 Å². The molecule has 4 nitrogen and oxygen atoms in total. The number of nitrogens with two attached hydrogens (primary N) is 1. The first-order chi connectivity index (χ1) is 8.29. The molecule has 0 unspecified atom stereocenters. The van der Waals surface area contributed by atoms with Gasteiger partial charge in [-0.05, 0) is 51.2 Å². The third-order valence-electron chi connectivity index (χ3n) is 4.14. The highest BCUT2D eigenvalue weighted by atomic mass is 16.2. The summed E-state index contributed by atoms with van der Waals surface area (Å²) in [5, 5.41) is 0. The summed E-state index contributed by atoms with van der Waals surface area (Å²) in [6, 6.07) is 0. The fraction of sp³-hybridized carbons (Fsp3) is 0.923. The summed E-state index contributed by atoms with van der Waals surface area (Å²) in [6.07, 6.45) is 5.48. The van der Waals surface area contributed by atoms with Crippen molar-refractivity contribution in [3.63, 3.8) is 0 Å². The highest BCUT2D eigenvalue weighted by Gasteiger charge is 2.22. The Morgan fingerprint density at radius 2 is 1.76 bits per heavy atom. The molecule has 2 N–H and O–H groups in total. The van der Waals surface area contributed by atoms with Gasteiger partial charge in [-0.1, -0.05) is 0 Å². The Morgan fingerprint density at radius 1 is 1.12 bits per heavy atom. The molecule has 2 rings (SSSR count). The second-order valence-electron chi connectivity index (χ2n) is 5.36. The van der Waals surface area contributed by atoms with Gasteiger partial charge in [0.15, 0.2) is 0 Å². The van der Waals surface area contributed by atoms with Gasteiger partial charge in [0.2, 0.25) is 5.91 Å². The molecule has 2 aliphatic rings. The monoisotopic (exact) mass is 239 g/mol. The molecule has 2 fully saturated rings. The zero-order valence-electron chi connectivity index (χ0n) is 10.7. The van der Waals surface area contributed by atoms with Crippen molar-refractivity contribution >= 4 is 5.91 Å². The van der Waals surface area contributed by atoms with E-state index in [2.05, 4.69) is 4.90 Å². The highest BCUT2D eigenvalue weighted by molar-refractivity contribution is 5.76. The third-order valence-corrected chi connectivity index (χ3v) is 4.14. The lowest BCUT2D eigenvalue weighted by Gasteiger charge is -2.31. The summed E-state index contributed by atoms with van der Waals surface area (Å²) in [7, 11) is 0. The average Bonchev–Trinajstić information content (AvgIpc) is 2.89. The quantitative estimate of drug-likeness (QED) is 0.784. The van der Waals surface area contributed by atoms with E-state index in [-0.39, 0.29) is 0 Å². The lowest BCUT2D eigenvalue weighted by Crippen LogP contribution is -2.41. The van der Waals surface area contributed by atoms with E-state index in [0.717, 1.165) is 39.0 Å². The Kier molecular flexibility index (Phi) is 4.80. The van der Waals surface area contributed by atoms with E-state index in [1.54, 1.807) is 0 Å². The molecule has 4 heteroatoms. The maximum Gasteiger partial charge on any atom is 0.223 e. The second kappa shape index (κ2) is 6.36. The Hall–Kier alpha value is -0.610. The van der Waals surface area contributed by atoms with Crippen molar-refractivity contribution in [3.8, 4) is 0 Å². The number of piperidine rings is 1. The van der Waals surface area contributed by atoms with Crippen molar-refractivity contribution in [2.24, 2.45) is 11.7 Å². The van der Waals surface area contributed by atoms with Crippen LogP contribution in [0.15, 0.2) is 0 Å². The van der Waals surface area contributed by atoms with Gasteiger partial charge in [0.05, 0.1) is 0 Å². The summed E-state index contributed by atoms with van der Waals surface area (Å²) in [5.74, 6) is 0.977. The van der Waals surface area contributed by atoms with Crippen molar-refractivity contribution in [3.05, 3.63) is 0 Å². The van der Waals surface area contributed by atoms with Gasteiger partial charge < -0.3 is 15.5 Å².